The fourth-order valence-corrected chi connectivity index (χ4v) is 5.61. The van der Waals surface area contributed by atoms with Gasteiger partial charge in [0.25, 0.3) is 10.0 Å². The number of imidazole rings is 1. The van der Waals surface area contributed by atoms with Crippen molar-refractivity contribution in [1.82, 2.24) is 14.7 Å². The number of aromatic nitrogens is 2. The summed E-state index contributed by atoms with van der Waals surface area (Å²) in [5.74, 6) is 0.607. The number of sulfonamides is 1. The Labute approximate surface area is 153 Å². The number of nitrogens with one attached hydrogen (secondary N) is 2. The molecule has 1 unspecified atom stereocenters. The standard InChI is InChI=1S/C16H16BrN3O2S2/c1-2-12(20-24(21,22)15-9-8-14(17)23-15)16-18-10-13(19-16)11-6-4-3-5-7-11/h3-10,12,20H,2H2,1H3,(H,18,19). The molecule has 3 rings (SSSR count). The molecule has 0 aliphatic carbocycles. The third-order valence-corrected chi connectivity index (χ3v) is 7.12. The van der Waals surface area contributed by atoms with Crippen LogP contribution < -0.4 is 4.72 Å². The van der Waals surface area contributed by atoms with E-state index in [9.17, 15) is 8.42 Å². The number of H-pyrrole nitrogens is 1. The summed E-state index contributed by atoms with van der Waals surface area (Å²) >= 11 is 4.47. The molecule has 2 heterocycles. The predicted octanol–water partition coefficient (Wildman–Crippen LogP) is 4.33. The van der Waals surface area contributed by atoms with Gasteiger partial charge in [-0.15, -0.1) is 11.3 Å². The van der Waals surface area contributed by atoms with Gasteiger partial charge >= 0.3 is 0 Å². The van der Waals surface area contributed by atoms with Gasteiger partial charge in [0.2, 0.25) is 0 Å². The largest absolute Gasteiger partial charge is 0.341 e. The lowest BCUT2D eigenvalue weighted by Gasteiger charge is -2.14. The van der Waals surface area contributed by atoms with Gasteiger partial charge in [-0.05, 0) is 40.0 Å². The molecule has 0 aliphatic heterocycles. The molecule has 0 saturated heterocycles. The maximum absolute atomic E-state index is 12.5. The molecule has 0 saturated carbocycles. The van der Waals surface area contributed by atoms with E-state index >= 15 is 0 Å². The minimum absolute atomic E-state index is 0.280. The van der Waals surface area contributed by atoms with Gasteiger partial charge < -0.3 is 4.98 Å². The van der Waals surface area contributed by atoms with Gasteiger partial charge in [-0.2, -0.15) is 4.72 Å². The molecule has 24 heavy (non-hydrogen) atoms. The highest BCUT2D eigenvalue weighted by Crippen LogP contribution is 2.28. The van der Waals surface area contributed by atoms with Crippen LogP contribution in [0.25, 0.3) is 11.3 Å². The Morgan fingerprint density at radius 3 is 2.62 bits per heavy atom. The summed E-state index contributed by atoms with van der Waals surface area (Å²) in [6.45, 7) is 1.92. The Kier molecular flexibility index (Phi) is 5.19. The van der Waals surface area contributed by atoms with Crippen molar-refractivity contribution in [2.75, 3.05) is 0 Å². The molecule has 1 aromatic carbocycles. The lowest BCUT2D eigenvalue weighted by atomic mass is 10.2. The highest BCUT2D eigenvalue weighted by atomic mass is 79.9. The van der Waals surface area contributed by atoms with E-state index in [1.807, 2.05) is 37.3 Å². The monoisotopic (exact) mass is 425 g/mol. The predicted molar refractivity (Wildman–Crippen MR) is 99.4 cm³/mol. The summed E-state index contributed by atoms with van der Waals surface area (Å²) in [7, 11) is -3.58. The average Bonchev–Trinajstić information content (AvgIpc) is 3.23. The normalized spacial score (nSPS) is 13.1. The second kappa shape index (κ2) is 7.18. The van der Waals surface area contributed by atoms with Crippen molar-refractivity contribution in [3.8, 4) is 11.3 Å². The Balaban J connectivity index is 1.83. The van der Waals surface area contributed by atoms with Crippen LogP contribution in [0.15, 0.2) is 56.7 Å². The maximum atomic E-state index is 12.5. The number of aromatic amines is 1. The second-order valence-electron chi connectivity index (χ2n) is 5.19. The highest BCUT2D eigenvalue weighted by molar-refractivity contribution is 9.11. The van der Waals surface area contributed by atoms with Crippen molar-refractivity contribution >= 4 is 37.3 Å². The minimum Gasteiger partial charge on any atom is -0.341 e. The third-order valence-electron chi connectivity index (χ3n) is 3.53. The van der Waals surface area contributed by atoms with E-state index in [0.29, 0.717) is 12.2 Å². The number of rotatable bonds is 6. The van der Waals surface area contributed by atoms with Crippen LogP contribution in [-0.4, -0.2) is 18.4 Å². The summed E-state index contributed by atoms with van der Waals surface area (Å²) < 4.78 is 28.8. The molecule has 0 amide bonds. The molecular formula is C16H16BrN3O2S2. The first-order valence-corrected chi connectivity index (χ1v) is 10.5. The van der Waals surface area contributed by atoms with Crippen molar-refractivity contribution in [2.24, 2.45) is 0 Å². The van der Waals surface area contributed by atoms with Gasteiger partial charge in [0.15, 0.2) is 0 Å². The van der Waals surface area contributed by atoms with Gasteiger partial charge in [0.1, 0.15) is 10.0 Å². The average molecular weight is 426 g/mol. The first-order chi connectivity index (χ1) is 11.5. The third kappa shape index (κ3) is 3.77. The zero-order valence-corrected chi connectivity index (χ0v) is 16.1. The Morgan fingerprint density at radius 2 is 2.00 bits per heavy atom. The van der Waals surface area contributed by atoms with Gasteiger partial charge in [-0.1, -0.05) is 37.3 Å². The van der Waals surface area contributed by atoms with E-state index in [1.165, 1.54) is 11.3 Å². The molecule has 8 heteroatoms. The van der Waals surface area contributed by atoms with E-state index in [2.05, 4.69) is 30.6 Å². The number of nitrogens with zero attached hydrogens (tertiary/aromatic N) is 1. The van der Waals surface area contributed by atoms with Crippen molar-refractivity contribution < 1.29 is 8.42 Å². The zero-order chi connectivity index (χ0) is 17.2. The summed E-state index contributed by atoms with van der Waals surface area (Å²) in [6.07, 6.45) is 2.32. The van der Waals surface area contributed by atoms with Crippen molar-refractivity contribution in [1.29, 1.82) is 0 Å². The van der Waals surface area contributed by atoms with Crippen molar-refractivity contribution in [2.45, 2.75) is 23.6 Å². The topological polar surface area (TPSA) is 74.8 Å². The molecule has 1 atom stereocenters. The second-order valence-corrected chi connectivity index (χ2v) is 9.59. The fraction of sp³-hybridized carbons (Fsp3) is 0.188. The quantitative estimate of drug-likeness (QED) is 0.616. The smallest absolute Gasteiger partial charge is 0.250 e. The molecular weight excluding hydrogens is 410 g/mol. The van der Waals surface area contributed by atoms with Crippen LogP contribution in [0, 0.1) is 0 Å². The van der Waals surface area contributed by atoms with E-state index in [0.717, 1.165) is 15.0 Å². The maximum Gasteiger partial charge on any atom is 0.250 e. The molecule has 126 valence electrons. The van der Waals surface area contributed by atoms with Crippen LogP contribution in [0.3, 0.4) is 0 Å². The van der Waals surface area contributed by atoms with E-state index in [-0.39, 0.29) is 4.21 Å². The molecule has 5 nitrogen and oxygen atoms in total. The van der Waals surface area contributed by atoms with Gasteiger partial charge in [0.05, 0.1) is 21.7 Å². The van der Waals surface area contributed by atoms with Crippen LogP contribution in [0.2, 0.25) is 0 Å². The highest BCUT2D eigenvalue weighted by Gasteiger charge is 2.23. The van der Waals surface area contributed by atoms with E-state index in [1.54, 1.807) is 18.3 Å². The summed E-state index contributed by atoms with van der Waals surface area (Å²) in [6, 6.07) is 12.7. The number of halogens is 1. The summed E-state index contributed by atoms with van der Waals surface area (Å²) in [5, 5.41) is 0. The SMILES string of the molecule is CCC(NS(=O)(=O)c1ccc(Br)s1)c1ncc(-c2ccccc2)[nH]1. The van der Waals surface area contributed by atoms with Gasteiger partial charge in [-0.3, -0.25) is 0 Å². The number of benzene rings is 1. The lowest BCUT2D eigenvalue weighted by molar-refractivity contribution is 0.541. The first-order valence-electron chi connectivity index (χ1n) is 7.37. The molecule has 0 aliphatic rings. The minimum atomic E-state index is -3.58. The summed E-state index contributed by atoms with van der Waals surface area (Å²) in [4.78, 5) is 7.57. The molecule has 3 aromatic rings. The van der Waals surface area contributed by atoms with Crippen LogP contribution in [-0.2, 0) is 10.0 Å². The van der Waals surface area contributed by atoms with Gasteiger partial charge in [0, 0.05) is 0 Å². The molecule has 2 N–H and O–H groups in total. The van der Waals surface area contributed by atoms with Crippen molar-refractivity contribution in [3.63, 3.8) is 0 Å². The molecule has 0 radical (unpaired) electrons. The van der Waals surface area contributed by atoms with E-state index < -0.39 is 16.1 Å². The number of thiophene rings is 1. The Morgan fingerprint density at radius 1 is 1.25 bits per heavy atom. The van der Waals surface area contributed by atoms with E-state index in [4.69, 9.17) is 0 Å². The number of hydrogen-bond acceptors (Lipinski definition) is 4. The van der Waals surface area contributed by atoms with Crippen LogP contribution >= 0.6 is 27.3 Å². The van der Waals surface area contributed by atoms with Crippen LogP contribution in [0.5, 0.6) is 0 Å². The Bertz CT molecular complexity index is 920. The summed E-state index contributed by atoms with van der Waals surface area (Å²) in [5.41, 5.74) is 1.87. The van der Waals surface area contributed by atoms with Gasteiger partial charge in [-0.25, -0.2) is 13.4 Å². The van der Waals surface area contributed by atoms with Crippen molar-refractivity contribution in [3.05, 3.63) is 58.3 Å². The molecule has 2 aromatic heterocycles. The fourth-order valence-electron chi connectivity index (χ4n) is 2.30. The molecule has 0 spiro atoms. The van der Waals surface area contributed by atoms with Crippen LogP contribution in [0.1, 0.15) is 25.2 Å². The Hall–Kier alpha value is -1.48. The molecule has 0 fully saturated rings. The lowest BCUT2D eigenvalue weighted by Crippen LogP contribution is -2.28. The number of hydrogen-bond donors (Lipinski definition) is 2. The first kappa shape index (κ1) is 17.3. The van der Waals surface area contributed by atoms with Crippen LogP contribution in [0.4, 0.5) is 0 Å². The molecule has 0 bridgehead atoms. The zero-order valence-electron chi connectivity index (χ0n) is 12.9.